The smallest absolute Gasteiger partial charge is 0.223 e. The number of hydrogen-bond acceptors (Lipinski definition) is 6. The summed E-state index contributed by atoms with van der Waals surface area (Å²) >= 11 is 1.73. The van der Waals surface area contributed by atoms with Crippen LogP contribution >= 0.6 is 11.3 Å². The van der Waals surface area contributed by atoms with E-state index < -0.39 is 23.7 Å². The van der Waals surface area contributed by atoms with Gasteiger partial charge < -0.3 is 16.4 Å². The summed E-state index contributed by atoms with van der Waals surface area (Å²) in [5.41, 5.74) is 12.3. The Morgan fingerprint density at radius 3 is 2.42 bits per heavy atom. The van der Waals surface area contributed by atoms with E-state index >= 15 is 0 Å². The molecule has 0 aromatic carbocycles. The van der Waals surface area contributed by atoms with E-state index in [4.69, 9.17) is 11.5 Å². The molecule has 4 rings (SSSR count). The summed E-state index contributed by atoms with van der Waals surface area (Å²) < 4.78 is 0. The largest absolute Gasteiger partial charge is 0.369 e. The molecule has 3 heterocycles. The number of aryl methyl sites for hydroxylation is 2. The number of aromatic nitrogens is 2. The SMILES string of the molecule is NC(=O)C1CN(c2ncnc3sc4c(c23)CCCC4)CC1C(N)=O. The standard InChI is InChI=1S/C16H19N5O2S/c17-13(22)9-5-21(6-10(9)14(18)23)15-12-8-3-1-2-4-11(8)24-16(12)20-7-19-15/h7,9-10H,1-6H2,(H2,17,22)(H2,18,23). The van der Waals surface area contributed by atoms with Crippen LogP contribution in [0.4, 0.5) is 5.82 Å². The first-order valence-corrected chi connectivity index (χ1v) is 8.96. The van der Waals surface area contributed by atoms with Gasteiger partial charge in [0.2, 0.25) is 11.8 Å². The van der Waals surface area contributed by atoms with Gasteiger partial charge in [-0.25, -0.2) is 9.97 Å². The van der Waals surface area contributed by atoms with Crippen molar-refractivity contribution in [1.82, 2.24) is 9.97 Å². The fraction of sp³-hybridized carbons (Fsp3) is 0.500. The Labute approximate surface area is 143 Å². The predicted octanol–water partition coefficient (Wildman–Crippen LogP) is 0.593. The maximum Gasteiger partial charge on any atom is 0.223 e. The molecule has 1 fully saturated rings. The van der Waals surface area contributed by atoms with Gasteiger partial charge in [0, 0.05) is 18.0 Å². The number of thiophene rings is 1. The molecule has 2 unspecified atom stereocenters. The highest BCUT2D eigenvalue weighted by Crippen LogP contribution is 2.40. The van der Waals surface area contributed by atoms with E-state index in [1.807, 2.05) is 4.90 Å². The van der Waals surface area contributed by atoms with Gasteiger partial charge in [-0.15, -0.1) is 11.3 Å². The highest BCUT2D eigenvalue weighted by atomic mass is 32.1. The Morgan fingerprint density at radius 2 is 1.75 bits per heavy atom. The average Bonchev–Trinajstić information content (AvgIpc) is 3.16. The number of hydrogen-bond donors (Lipinski definition) is 2. The lowest BCUT2D eigenvalue weighted by atomic mass is 9.95. The predicted molar refractivity (Wildman–Crippen MR) is 91.6 cm³/mol. The Bertz CT molecular complexity index is 811. The highest BCUT2D eigenvalue weighted by Gasteiger charge is 2.41. The molecule has 1 aliphatic heterocycles. The number of nitrogens with two attached hydrogens (primary N) is 2. The van der Waals surface area contributed by atoms with Crippen molar-refractivity contribution < 1.29 is 9.59 Å². The second-order valence-electron chi connectivity index (χ2n) is 6.51. The third-order valence-corrected chi connectivity index (χ3v) is 6.28. The van der Waals surface area contributed by atoms with Crippen LogP contribution in [0.25, 0.3) is 10.2 Å². The van der Waals surface area contributed by atoms with Crippen LogP contribution in [0.3, 0.4) is 0 Å². The maximum absolute atomic E-state index is 11.7. The first-order chi connectivity index (χ1) is 11.6. The van der Waals surface area contributed by atoms with Crippen LogP contribution < -0.4 is 16.4 Å². The van der Waals surface area contributed by atoms with E-state index in [-0.39, 0.29) is 0 Å². The number of anilines is 1. The van der Waals surface area contributed by atoms with E-state index in [1.54, 1.807) is 17.7 Å². The molecule has 8 heteroatoms. The molecular formula is C16H19N5O2S. The zero-order valence-corrected chi connectivity index (χ0v) is 14.0. The Morgan fingerprint density at radius 1 is 1.08 bits per heavy atom. The van der Waals surface area contributed by atoms with Gasteiger partial charge in [0.05, 0.1) is 17.2 Å². The zero-order chi connectivity index (χ0) is 16.8. The molecule has 2 aliphatic rings. The van der Waals surface area contributed by atoms with E-state index in [2.05, 4.69) is 9.97 Å². The number of carbonyl (C=O) groups excluding carboxylic acids is 2. The molecule has 0 spiro atoms. The third-order valence-electron chi connectivity index (χ3n) is 5.08. The molecule has 0 radical (unpaired) electrons. The number of amides is 2. The minimum atomic E-state index is -0.568. The molecule has 2 aromatic rings. The average molecular weight is 345 g/mol. The Kier molecular flexibility index (Phi) is 3.64. The van der Waals surface area contributed by atoms with Crippen LogP contribution in [0.1, 0.15) is 23.3 Å². The molecule has 2 atom stereocenters. The lowest BCUT2D eigenvalue weighted by molar-refractivity contribution is -0.129. The number of primary amides is 2. The molecule has 126 valence electrons. The lowest BCUT2D eigenvalue weighted by Gasteiger charge is -2.19. The van der Waals surface area contributed by atoms with Crippen LogP contribution in [0.5, 0.6) is 0 Å². The van der Waals surface area contributed by atoms with Crippen LogP contribution in [0.2, 0.25) is 0 Å². The Hall–Kier alpha value is -2.22. The summed E-state index contributed by atoms with van der Waals surface area (Å²) in [7, 11) is 0. The van der Waals surface area contributed by atoms with E-state index in [1.165, 1.54) is 23.3 Å². The van der Waals surface area contributed by atoms with Crippen molar-refractivity contribution >= 4 is 39.2 Å². The van der Waals surface area contributed by atoms with Crippen molar-refractivity contribution in [3.63, 3.8) is 0 Å². The monoisotopic (exact) mass is 345 g/mol. The second-order valence-corrected chi connectivity index (χ2v) is 7.59. The first-order valence-electron chi connectivity index (χ1n) is 8.15. The molecule has 4 N–H and O–H groups in total. The van der Waals surface area contributed by atoms with Crippen molar-refractivity contribution in [2.24, 2.45) is 23.3 Å². The van der Waals surface area contributed by atoms with Gasteiger partial charge in [0.15, 0.2) is 0 Å². The van der Waals surface area contributed by atoms with Gasteiger partial charge >= 0.3 is 0 Å². The molecule has 1 saturated heterocycles. The summed E-state index contributed by atoms with van der Waals surface area (Å²) in [5, 5.41) is 1.07. The fourth-order valence-corrected chi connectivity index (χ4v) is 5.09. The summed E-state index contributed by atoms with van der Waals surface area (Å²) in [6.07, 6.45) is 6.04. The molecule has 0 saturated carbocycles. The van der Waals surface area contributed by atoms with E-state index in [9.17, 15) is 9.59 Å². The fourth-order valence-electron chi connectivity index (χ4n) is 3.87. The highest BCUT2D eigenvalue weighted by molar-refractivity contribution is 7.19. The molecule has 1 aliphatic carbocycles. The van der Waals surface area contributed by atoms with Gasteiger partial charge in [-0.3, -0.25) is 9.59 Å². The maximum atomic E-state index is 11.7. The summed E-state index contributed by atoms with van der Waals surface area (Å²) in [5.74, 6) is -1.31. The minimum Gasteiger partial charge on any atom is -0.369 e. The number of fused-ring (bicyclic) bond motifs is 3. The molecular weight excluding hydrogens is 326 g/mol. The van der Waals surface area contributed by atoms with Crippen molar-refractivity contribution in [3.8, 4) is 0 Å². The number of nitrogens with zero attached hydrogens (tertiary/aromatic N) is 3. The number of carbonyl (C=O) groups is 2. The van der Waals surface area contributed by atoms with Crippen LogP contribution in [0.15, 0.2) is 6.33 Å². The van der Waals surface area contributed by atoms with Crippen molar-refractivity contribution in [2.75, 3.05) is 18.0 Å². The third kappa shape index (κ3) is 2.32. The minimum absolute atomic E-state index is 0.375. The molecule has 7 nitrogen and oxygen atoms in total. The van der Waals surface area contributed by atoms with Crippen LogP contribution in [-0.2, 0) is 22.4 Å². The summed E-state index contributed by atoms with van der Waals surface area (Å²) in [4.78, 5) is 36.6. The second kappa shape index (κ2) is 5.70. The van der Waals surface area contributed by atoms with Crippen molar-refractivity contribution in [2.45, 2.75) is 25.7 Å². The zero-order valence-electron chi connectivity index (χ0n) is 13.2. The molecule has 2 amide bonds. The normalized spacial score (nSPS) is 23.4. The molecule has 2 aromatic heterocycles. The lowest BCUT2D eigenvalue weighted by Crippen LogP contribution is -2.36. The van der Waals surface area contributed by atoms with Gasteiger partial charge in [-0.2, -0.15) is 0 Å². The summed E-state index contributed by atoms with van der Waals surface area (Å²) in [6, 6.07) is 0. The number of rotatable bonds is 3. The van der Waals surface area contributed by atoms with E-state index in [0.717, 1.165) is 28.9 Å². The van der Waals surface area contributed by atoms with Crippen molar-refractivity contribution in [1.29, 1.82) is 0 Å². The van der Waals surface area contributed by atoms with Crippen molar-refractivity contribution in [3.05, 3.63) is 16.8 Å². The quantitative estimate of drug-likeness (QED) is 0.845. The van der Waals surface area contributed by atoms with Gasteiger partial charge in [-0.05, 0) is 31.2 Å². The van der Waals surface area contributed by atoms with Gasteiger partial charge in [0.1, 0.15) is 17.0 Å². The van der Waals surface area contributed by atoms with Gasteiger partial charge in [0.25, 0.3) is 0 Å². The molecule has 0 bridgehead atoms. The first kappa shape index (κ1) is 15.3. The topological polar surface area (TPSA) is 115 Å². The van der Waals surface area contributed by atoms with Crippen LogP contribution in [-0.4, -0.2) is 34.9 Å². The molecule has 24 heavy (non-hydrogen) atoms. The summed E-state index contributed by atoms with van der Waals surface area (Å²) in [6.45, 7) is 0.749. The van der Waals surface area contributed by atoms with Crippen LogP contribution in [0, 0.1) is 11.8 Å². The van der Waals surface area contributed by atoms with E-state index in [0.29, 0.717) is 13.1 Å². The van der Waals surface area contributed by atoms with Gasteiger partial charge in [-0.1, -0.05) is 0 Å². The Balaban J connectivity index is 1.78.